The Kier molecular flexibility index (Phi) is 7.52. The van der Waals surface area contributed by atoms with Crippen LogP contribution in [-0.2, 0) is 22.6 Å². The van der Waals surface area contributed by atoms with E-state index in [2.05, 4.69) is 15.3 Å². The lowest BCUT2D eigenvalue weighted by atomic mass is 10.1. The van der Waals surface area contributed by atoms with Crippen molar-refractivity contribution in [2.45, 2.75) is 65.9 Å². The predicted octanol–water partition coefficient (Wildman–Crippen LogP) is 3.38. The van der Waals surface area contributed by atoms with Crippen LogP contribution in [0.3, 0.4) is 0 Å². The molecule has 186 valence electrons. The topological polar surface area (TPSA) is 134 Å². The highest BCUT2D eigenvalue weighted by Gasteiger charge is 2.23. The van der Waals surface area contributed by atoms with Gasteiger partial charge in [-0.05, 0) is 53.7 Å². The summed E-state index contributed by atoms with van der Waals surface area (Å²) in [6.07, 6.45) is -0.491. The summed E-state index contributed by atoms with van der Waals surface area (Å²) in [5, 5.41) is 14.0. The highest BCUT2D eigenvalue weighted by molar-refractivity contribution is 6.07. The third-order valence-electron chi connectivity index (χ3n) is 4.77. The lowest BCUT2D eigenvalue weighted by Gasteiger charge is -2.20. The molecule has 2 aromatic heterocycles. The van der Waals surface area contributed by atoms with Gasteiger partial charge in [0.15, 0.2) is 5.82 Å². The number of aromatic nitrogens is 3. The van der Waals surface area contributed by atoms with Crippen LogP contribution in [-0.4, -0.2) is 56.7 Å². The second kappa shape index (κ2) is 10.0. The number of ether oxygens (including phenoxy) is 3. The maximum Gasteiger partial charge on any atom is 0.407 e. The summed E-state index contributed by atoms with van der Waals surface area (Å²) in [4.78, 5) is 20.9. The van der Waals surface area contributed by atoms with Gasteiger partial charge in [-0.1, -0.05) is 0 Å². The third kappa shape index (κ3) is 6.48. The first-order valence-electron chi connectivity index (χ1n) is 11.4. The van der Waals surface area contributed by atoms with E-state index in [1.165, 1.54) is 0 Å². The van der Waals surface area contributed by atoms with Crippen LogP contribution in [0.5, 0.6) is 5.75 Å². The van der Waals surface area contributed by atoms with Gasteiger partial charge in [0, 0.05) is 18.1 Å². The molecule has 0 fully saturated rings. The monoisotopic (exact) mass is 473 g/mol. The zero-order valence-corrected chi connectivity index (χ0v) is 20.8. The van der Waals surface area contributed by atoms with Crippen molar-refractivity contribution in [1.29, 1.82) is 0 Å². The van der Waals surface area contributed by atoms with Crippen molar-refractivity contribution in [3.8, 4) is 5.75 Å². The Balaban J connectivity index is 1.86. The number of carbonyl (C=O) groups is 1. The number of fused-ring (bicyclic) bond motifs is 3. The van der Waals surface area contributed by atoms with Gasteiger partial charge < -0.3 is 34.9 Å². The molecule has 0 aliphatic carbocycles. The van der Waals surface area contributed by atoms with Gasteiger partial charge in [0.2, 0.25) is 0 Å². The molecule has 10 nitrogen and oxygen atoms in total. The predicted molar refractivity (Wildman–Crippen MR) is 131 cm³/mol. The molecule has 10 heteroatoms. The zero-order chi connectivity index (χ0) is 25.1. The molecule has 2 heterocycles. The van der Waals surface area contributed by atoms with Crippen LogP contribution in [0.25, 0.3) is 21.9 Å². The largest absolute Gasteiger partial charge is 0.492 e. The van der Waals surface area contributed by atoms with E-state index in [0.717, 1.165) is 10.9 Å². The van der Waals surface area contributed by atoms with E-state index in [0.29, 0.717) is 54.7 Å². The van der Waals surface area contributed by atoms with E-state index >= 15 is 0 Å². The summed E-state index contributed by atoms with van der Waals surface area (Å²) in [6.45, 7) is 12.5. The van der Waals surface area contributed by atoms with Crippen molar-refractivity contribution >= 4 is 33.8 Å². The molecule has 0 aliphatic heterocycles. The summed E-state index contributed by atoms with van der Waals surface area (Å²) < 4.78 is 18.5. The van der Waals surface area contributed by atoms with Gasteiger partial charge in [0.1, 0.15) is 35.9 Å². The number of alkyl carbamates (subject to hydrolysis) is 1. The van der Waals surface area contributed by atoms with E-state index in [4.69, 9.17) is 19.9 Å². The van der Waals surface area contributed by atoms with Crippen molar-refractivity contribution < 1.29 is 24.1 Å². The standard InChI is InChI=1S/C24H35N5O5/c1-7-32-13-18-28-19-20(29(18)14-24(5,6)31)16-9-8-15(12-17(16)27-21(19)25)33-11-10-26-22(30)34-23(2,3)4/h8-9,12,31H,7,10-11,13-14H2,1-6H3,(H2,25,27)(H,26,30). The molecule has 0 radical (unpaired) electrons. The van der Waals surface area contributed by atoms with E-state index in [1.807, 2.05) is 23.6 Å². The molecule has 4 N–H and O–H groups in total. The Labute approximate surface area is 199 Å². The van der Waals surface area contributed by atoms with Gasteiger partial charge in [-0.25, -0.2) is 14.8 Å². The molecule has 0 spiro atoms. The number of carbonyl (C=O) groups excluding carboxylic acids is 1. The van der Waals surface area contributed by atoms with Crippen LogP contribution in [0.1, 0.15) is 47.4 Å². The van der Waals surface area contributed by atoms with Crippen LogP contribution >= 0.6 is 0 Å². The maximum atomic E-state index is 11.8. The van der Waals surface area contributed by atoms with E-state index < -0.39 is 17.3 Å². The molecule has 0 bridgehead atoms. The SMILES string of the molecule is CCOCc1nc2c(N)nc3cc(OCCNC(=O)OC(C)(C)C)ccc3c2n1CC(C)(C)O. The van der Waals surface area contributed by atoms with Crippen LogP contribution in [0.4, 0.5) is 10.6 Å². The molecule has 0 unspecified atom stereocenters. The van der Waals surface area contributed by atoms with Crippen LogP contribution in [0, 0.1) is 0 Å². The van der Waals surface area contributed by atoms with Crippen molar-refractivity contribution in [2.75, 3.05) is 25.5 Å². The maximum absolute atomic E-state index is 11.8. The van der Waals surface area contributed by atoms with Crippen LogP contribution in [0.15, 0.2) is 18.2 Å². The molecule has 0 saturated heterocycles. The molecule has 0 atom stereocenters. The number of imidazole rings is 1. The van der Waals surface area contributed by atoms with Crippen molar-refractivity contribution in [3.05, 3.63) is 24.0 Å². The Hall–Kier alpha value is -3.11. The van der Waals surface area contributed by atoms with E-state index in [9.17, 15) is 9.90 Å². The Morgan fingerprint density at radius 3 is 2.59 bits per heavy atom. The first kappa shape index (κ1) is 25.5. The number of aliphatic hydroxyl groups is 1. The Morgan fingerprint density at radius 1 is 1.21 bits per heavy atom. The minimum Gasteiger partial charge on any atom is -0.492 e. The molecular weight excluding hydrogens is 438 g/mol. The first-order valence-corrected chi connectivity index (χ1v) is 11.4. The first-order chi connectivity index (χ1) is 15.9. The third-order valence-corrected chi connectivity index (χ3v) is 4.77. The number of benzene rings is 1. The lowest BCUT2D eigenvalue weighted by molar-refractivity contribution is 0.0519. The normalized spacial score (nSPS) is 12.3. The van der Waals surface area contributed by atoms with Gasteiger partial charge in [-0.15, -0.1) is 0 Å². The fraction of sp³-hybridized carbons (Fsp3) is 0.542. The lowest BCUT2D eigenvalue weighted by Crippen LogP contribution is -2.34. The number of hydrogen-bond donors (Lipinski definition) is 3. The quantitative estimate of drug-likeness (QED) is 0.403. The number of nitrogen functional groups attached to an aromatic ring is 1. The van der Waals surface area contributed by atoms with Gasteiger partial charge in [-0.2, -0.15) is 0 Å². The smallest absolute Gasteiger partial charge is 0.407 e. The average Bonchev–Trinajstić information content (AvgIpc) is 3.05. The molecule has 1 aromatic carbocycles. The average molecular weight is 474 g/mol. The highest BCUT2D eigenvalue weighted by atomic mass is 16.6. The number of pyridine rings is 1. The number of amides is 1. The van der Waals surface area contributed by atoms with Gasteiger partial charge in [-0.3, -0.25) is 0 Å². The summed E-state index contributed by atoms with van der Waals surface area (Å²) >= 11 is 0. The number of anilines is 1. The van der Waals surface area contributed by atoms with Crippen molar-refractivity contribution in [3.63, 3.8) is 0 Å². The number of nitrogens with two attached hydrogens (primary N) is 1. The van der Waals surface area contributed by atoms with E-state index in [1.54, 1.807) is 40.7 Å². The van der Waals surface area contributed by atoms with Gasteiger partial charge in [0.25, 0.3) is 0 Å². The second-order valence-corrected chi connectivity index (χ2v) is 9.71. The summed E-state index contributed by atoms with van der Waals surface area (Å²) in [6, 6.07) is 5.52. The van der Waals surface area contributed by atoms with Crippen LogP contribution < -0.4 is 15.8 Å². The number of rotatable bonds is 9. The summed E-state index contributed by atoms with van der Waals surface area (Å²) in [7, 11) is 0. The number of nitrogens with zero attached hydrogens (tertiary/aromatic N) is 3. The fourth-order valence-electron chi connectivity index (χ4n) is 3.52. The summed E-state index contributed by atoms with van der Waals surface area (Å²) in [5.74, 6) is 1.56. The molecule has 3 aromatic rings. The zero-order valence-electron chi connectivity index (χ0n) is 20.8. The molecule has 1 amide bonds. The highest BCUT2D eigenvalue weighted by Crippen LogP contribution is 2.32. The summed E-state index contributed by atoms with van der Waals surface area (Å²) in [5.41, 5.74) is 6.74. The number of nitrogens with one attached hydrogen (secondary N) is 1. The Morgan fingerprint density at radius 2 is 1.94 bits per heavy atom. The molecule has 0 saturated carbocycles. The number of hydrogen-bond acceptors (Lipinski definition) is 8. The van der Waals surface area contributed by atoms with Crippen molar-refractivity contribution in [1.82, 2.24) is 19.9 Å². The minimum atomic E-state index is -0.969. The fourth-order valence-corrected chi connectivity index (χ4v) is 3.52. The van der Waals surface area contributed by atoms with Crippen molar-refractivity contribution in [2.24, 2.45) is 0 Å². The molecule has 3 rings (SSSR count). The van der Waals surface area contributed by atoms with Gasteiger partial charge in [0.05, 0.1) is 29.7 Å². The van der Waals surface area contributed by atoms with Crippen LogP contribution in [0.2, 0.25) is 0 Å². The van der Waals surface area contributed by atoms with E-state index in [-0.39, 0.29) is 6.61 Å². The second-order valence-electron chi connectivity index (χ2n) is 9.71. The molecule has 0 aliphatic rings. The molecular formula is C24H35N5O5. The molecule has 34 heavy (non-hydrogen) atoms. The minimum absolute atomic E-state index is 0.262. The Bertz CT molecular complexity index is 1160. The van der Waals surface area contributed by atoms with Gasteiger partial charge >= 0.3 is 6.09 Å².